The van der Waals surface area contributed by atoms with Crippen LogP contribution < -0.4 is 19.5 Å². The molecular formula is C24H24ClN3O5. The van der Waals surface area contributed by atoms with Gasteiger partial charge in [-0.3, -0.25) is 10.1 Å². The number of nitrogens with zero attached hydrogens (tertiary/aromatic N) is 2. The van der Waals surface area contributed by atoms with E-state index in [-0.39, 0.29) is 30.9 Å². The first kappa shape index (κ1) is 22.8. The van der Waals surface area contributed by atoms with Crippen molar-refractivity contribution in [1.82, 2.24) is 15.3 Å². The summed E-state index contributed by atoms with van der Waals surface area (Å²) >= 11 is 6.64. The standard InChI is InChI=1S/C24H24ClN3O5/c1-31-20-18(13-26-24(11-12-24)22(29)30)21(32-2)28-23(27-20)33-14-16-9-6-10-17(19(16)25)15-7-4-3-5-8-15/h3-10,26H,11-14H2,1-2H3,(H,29,30). The molecule has 2 N–H and O–H groups in total. The predicted molar refractivity (Wildman–Crippen MR) is 123 cm³/mol. The maximum absolute atomic E-state index is 11.4. The maximum Gasteiger partial charge on any atom is 0.323 e. The van der Waals surface area contributed by atoms with Gasteiger partial charge in [0.15, 0.2) is 0 Å². The number of hydrogen-bond donors (Lipinski definition) is 2. The van der Waals surface area contributed by atoms with Crippen LogP contribution in [0.25, 0.3) is 11.1 Å². The summed E-state index contributed by atoms with van der Waals surface area (Å²) in [6.45, 7) is 0.329. The lowest BCUT2D eigenvalue weighted by Gasteiger charge is -2.17. The molecule has 1 aromatic heterocycles. The SMILES string of the molecule is COc1nc(OCc2cccc(-c3ccccc3)c2Cl)nc(OC)c1CNC1(C(=O)O)CC1. The largest absolute Gasteiger partial charge is 0.481 e. The van der Waals surface area contributed by atoms with Crippen LogP contribution in [0.1, 0.15) is 24.0 Å². The average molecular weight is 470 g/mol. The number of nitrogens with one attached hydrogen (secondary N) is 1. The van der Waals surface area contributed by atoms with Crippen molar-refractivity contribution in [2.24, 2.45) is 0 Å². The van der Waals surface area contributed by atoms with Gasteiger partial charge in [0.2, 0.25) is 11.8 Å². The molecule has 2 aromatic carbocycles. The third kappa shape index (κ3) is 4.86. The molecule has 0 radical (unpaired) electrons. The lowest BCUT2D eigenvalue weighted by Crippen LogP contribution is -2.38. The Kier molecular flexibility index (Phi) is 6.67. The Morgan fingerprint density at radius 2 is 1.73 bits per heavy atom. The van der Waals surface area contributed by atoms with Gasteiger partial charge in [-0.2, -0.15) is 9.97 Å². The van der Waals surface area contributed by atoms with E-state index in [1.54, 1.807) is 0 Å². The number of carboxylic acid groups (broad SMARTS) is 1. The van der Waals surface area contributed by atoms with Crippen LogP contribution >= 0.6 is 11.6 Å². The van der Waals surface area contributed by atoms with Crippen LogP contribution in [0.3, 0.4) is 0 Å². The quantitative estimate of drug-likeness (QED) is 0.457. The first-order chi connectivity index (χ1) is 16.0. The average Bonchev–Trinajstić information content (AvgIpc) is 3.64. The van der Waals surface area contributed by atoms with Crippen molar-refractivity contribution in [1.29, 1.82) is 0 Å². The summed E-state index contributed by atoms with van der Waals surface area (Å²) in [5, 5.41) is 13.0. The Hall–Kier alpha value is -3.36. The third-order valence-corrected chi connectivity index (χ3v) is 6.03. The molecule has 0 atom stereocenters. The number of aromatic nitrogens is 2. The van der Waals surface area contributed by atoms with Gasteiger partial charge in [-0.25, -0.2) is 0 Å². The molecule has 0 unspecified atom stereocenters. The molecule has 1 heterocycles. The van der Waals surface area contributed by atoms with E-state index in [1.165, 1.54) is 14.2 Å². The van der Waals surface area contributed by atoms with E-state index in [1.807, 2.05) is 48.5 Å². The molecule has 1 saturated carbocycles. The number of halogens is 1. The van der Waals surface area contributed by atoms with Crippen LogP contribution in [0, 0.1) is 0 Å². The fourth-order valence-electron chi connectivity index (χ4n) is 3.50. The number of methoxy groups -OCH3 is 2. The summed E-state index contributed by atoms with van der Waals surface area (Å²) in [7, 11) is 2.94. The van der Waals surface area contributed by atoms with Crippen LogP contribution in [0.15, 0.2) is 48.5 Å². The highest BCUT2D eigenvalue weighted by molar-refractivity contribution is 6.34. The molecule has 8 nitrogen and oxygen atoms in total. The first-order valence-electron chi connectivity index (χ1n) is 10.4. The van der Waals surface area contributed by atoms with Gasteiger partial charge in [-0.05, 0) is 18.4 Å². The van der Waals surface area contributed by atoms with E-state index in [0.717, 1.165) is 16.7 Å². The van der Waals surface area contributed by atoms with Crippen LogP contribution in [0.2, 0.25) is 5.02 Å². The van der Waals surface area contributed by atoms with Crippen molar-refractivity contribution in [2.45, 2.75) is 31.5 Å². The Labute approximate surface area is 196 Å². The minimum atomic E-state index is -0.911. The number of hydrogen-bond acceptors (Lipinski definition) is 7. The lowest BCUT2D eigenvalue weighted by molar-refractivity contribution is -0.140. The second-order valence-corrected chi connectivity index (χ2v) is 8.06. The van der Waals surface area contributed by atoms with Crippen LogP contribution in [0.5, 0.6) is 17.8 Å². The molecule has 172 valence electrons. The summed E-state index contributed by atoms with van der Waals surface area (Å²) in [5.41, 5.74) is 2.30. The van der Waals surface area contributed by atoms with Crippen LogP contribution in [-0.4, -0.2) is 40.8 Å². The summed E-state index contributed by atoms with van der Waals surface area (Å²) in [6, 6.07) is 15.7. The molecule has 4 rings (SSSR count). The van der Waals surface area contributed by atoms with E-state index in [2.05, 4.69) is 15.3 Å². The topological polar surface area (TPSA) is 103 Å². The monoisotopic (exact) mass is 469 g/mol. The van der Waals surface area contributed by atoms with Crippen molar-refractivity contribution < 1.29 is 24.1 Å². The number of carbonyl (C=O) groups is 1. The van der Waals surface area contributed by atoms with Gasteiger partial charge in [0, 0.05) is 17.7 Å². The van der Waals surface area contributed by atoms with E-state index < -0.39 is 11.5 Å². The summed E-state index contributed by atoms with van der Waals surface area (Å²) in [6.07, 6.45) is 1.13. The van der Waals surface area contributed by atoms with E-state index in [0.29, 0.717) is 23.4 Å². The fraction of sp³-hybridized carbons (Fsp3) is 0.292. The van der Waals surface area contributed by atoms with Gasteiger partial charge < -0.3 is 19.3 Å². The van der Waals surface area contributed by atoms with Gasteiger partial charge in [-0.1, -0.05) is 60.1 Å². The third-order valence-electron chi connectivity index (χ3n) is 5.58. The Balaban J connectivity index is 1.53. The van der Waals surface area contributed by atoms with Gasteiger partial charge in [-0.15, -0.1) is 0 Å². The van der Waals surface area contributed by atoms with Crippen molar-refractivity contribution >= 4 is 17.6 Å². The zero-order valence-corrected chi connectivity index (χ0v) is 19.1. The smallest absolute Gasteiger partial charge is 0.323 e. The number of rotatable bonds is 10. The highest BCUT2D eigenvalue weighted by atomic mass is 35.5. The normalized spacial score (nSPS) is 13.9. The number of carboxylic acids is 1. The van der Waals surface area contributed by atoms with E-state index in [9.17, 15) is 9.90 Å². The minimum absolute atomic E-state index is 0.0630. The van der Waals surface area contributed by atoms with Crippen molar-refractivity contribution in [3.05, 3.63) is 64.7 Å². The molecule has 0 amide bonds. The number of ether oxygens (including phenoxy) is 3. The summed E-state index contributed by atoms with van der Waals surface area (Å²) < 4.78 is 16.6. The highest BCUT2D eigenvalue weighted by Gasteiger charge is 2.50. The Morgan fingerprint density at radius 1 is 1.06 bits per heavy atom. The molecular weight excluding hydrogens is 446 g/mol. The van der Waals surface area contributed by atoms with Gasteiger partial charge in [0.05, 0.1) is 24.8 Å². The van der Waals surface area contributed by atoms with Crippen LogP contribution in [0.4, 0.5) is 0 Å². The molecule has 1 fully saturated rings. The van der Waals surface area contributed by atoms with Crippen molar-refractivity contribution in [2.75, 3.05) is 14.2 Å². The summed E-state index contributed by atoms with van der Waals surface area (Å²) in [4.78, 5) is 20.1. The number of aliphatic carboxylic acids is 1. The number of benzene rings is 2. The van der Waals surface area contributed by atoms with Gasteiger partial charge >= 0.3 is 12.0 Å². The zero-order chi connectivity index (χ0) is 23.4. The molecule has 3 aromatic rings. The molecule has 33 heavy (non-hydrogen) atoms. The van der Waals surface area contributed by atoms with Gasteiger partial charge in [0.25, 0.3) is 0 Å². The molecule has 1 aliphatic rings. The maximum atomic E-state index is 11.4. The predicted octanol–water partition coefficient (Wildman–Crippen LogP) is 4.10. The van der Waals surface area contributed by atoms with Crippen molar-refractivity contribution in [3.63, 3.8) is 0 Å². The minimum Gasteiger partial charge on any atom is -0.481 e. The molecule has 0 bridgehead atoms. The zero-order valence-electron chi connectivity index (χ0n) is 18.3. The highest BCUT2D eigenvalue weighted by Crippen LogP contribution is 2.37. The van der Waals surface area contributed by atoms with Crippen molar-refractivity contribution in [3.8, 4) is 28.9 Å². The van der Waals surface area contributed by atoms with Crippen LogP contribution in [-0.2, 0) is 17.9 Å². The molecule has 0 aliphatic heterocycles. The summed E-state index contributed by atoms with van der Waals surface area (Å²) in [5.74, 6) is -0.389. The molecule has 9 heteroatoms. The lowest BCUT2D eigenvalue weighted by atomic mass is 10.0. The second kappa shape index (κ2) is 9.64. The van der Waals surface area contributed by atoms with E-state index >= 15 is 0 Å². The molecule has 0 spiro atoms. The van der Waals surface area contributed by atoms with E-state index in [4.69, 9.17) is 25.8 Å². The molecule has 0 saturated heterocycles. The molecule has 1 aliphatic carbocycles. The second-order valence-electron chi connectivity index (χ2n) is 7.68. The Bertz CT molecular complexity index is 1130. The fourth-order valence-corrected chi connectivity index (χ4v) is 3.79. The Morgan fingerprint density at radius 3 is 2.30 bits per heavy atom. The first-order valence-corrected chi connectivity index (χ1v) is 10.8. The van der Waals surface area contributed by atoms with Gasteiger partial charge in [0.1, 0.15) is 12.1 Å².